The van der Waals surface area contributed by atoms with E-state index in [0.29, 0.717) is 5.39 Å². The third kappa shape index (κ3) is 5.61. The molecule has 15 heteroatoms. The van der Waals surface area contributed by atoms with Gasteiger partial charge in [0, 0.05) is 17.8 Å². The van der Waals surface area contributed by atoms with E-state index in [9.17, 15) is 29.4 Å². The van der Waals surface area contributed by atoms with Crippen molar-refractivity contribution in [1.29, 1.82) is 0 Å². The molecule has 1 fully saturated rings. The van der Waals surface area contributed by atoms with Gasteiger partial charge in [0.1, 0.15) is 42.2 Å². The smallest absolute Gasteiger partial charge is 0.414 e. The van der Waals surface area contributed by atoms with Crippen molar-refractivity contribution in [2.75, 3.05) is 18.7 Å². The molecule has 0 aromatic carbocycles. The van der Waals surface area contributed by atoms with Crippen molar-refractivity contribution in [1.82, 2.24) is 19.9 Å². The van der Waals surface area contributed by atoms with Crippen molar-refractivity contribution in [3.63, 3.8) is 0 Å². The van der Waals surface area contributed by atoms with Gasteiger partial charge in [0.2, 0.25) is 6.79 Å². The first kappa shape index (κ1) is 28.9. The Balaban J connectivity index is 1.63. The summed E-state index contributed by atoms with van der Waals surface area (Å²) in [5, 5.41) is 27.4. The highest BCUT2D eigenvalue weighted by atomic mass is 16.7. The maximum atomic E-state index is 12.5. The van der Waals surface area contributed by atoms with E-state index in [0.717, 1.165) is 6.08 Å². The van der Waals surface area contributed by atoms with Gasteiger partial charge in [-0.1, -0.05) is 27.7 Å². The number of aromatic nitrogens is 3. The lowest BCUT2D eigenvalue weighted by Crippen LogP contribution is -2.44. The second-order valence-electron chi connectivity index (χ2n) is 10.2. The number of ether oxygens (including phenoxy) is 4. The molecule has 1 unspecified atom stereocenters. The molecule has 2 aliphatic heterocycles. The molecular formula is C25H31N5O10. The number of hydrogen-bond acceptors (Lipinski definition) is 12. The first-order valence-electron chi connectivity index (χ1n) is 12.5. The monoisotopic (exact) mass is 561 g/mol. The van der Waals surface area contributed by atoms with Crippen LogP contribution in [0.25, 0.3) is 16.7 Å². The van der Waals surface area contributed by atoms with Crippen LogP contribution in [-0.4, -0.2) is 79.9 Å². The van der Waals surface area contributed by atoms with Gasteiger partial charge in [-0.2, -0.15) is 0 Å². The summed E-state index contributed by atoms with van der Waals surface area (Å²) < 4.78 is 22.3. The molecule has 0 spiro atoms. The van der Waals surface area contributed by atoms with Crippen LogP contribution in [0, 0.1) is 11.8 Å². The highest BCUT2D eigenvalue weighted by molar-refractivity contribution is 6.14. The van der Waals surface area contributed by atoms with Crippen molar-refractivity contribution < 1.29 is 48.3 Å². The van der Waals surface area contributed by atoms with E-state index in [2.05, 4.69) is 20.6 Å². The lowest BCUT2D eigenvalue weighted by molar-refractivity contribution is -0.155. The Morgan fingerprint density at radius 1 is 1.15 bits per heavy atom. The minimum absolute atomic E-state index is 0.00409. The average molecular weight is 562 g/mol. The molecule has 0 saturated carbocycles. The lowest BCUT2D eigenvalue weighted by atomic mass is 9.96. The quantitative estimate of drug-likeness (QED) is 0.261. The van der Waals surface area contributed by atoms with E-state index < -0.39 is 66.6 Å². The molecule has 4 rings (SSSR count). The summed E-state index contributed by atoms with van der Waals surface area (Å²) in [6.45, 7) is 6.99. The zero-order chi connectivity index (χ0) is 29.4. The zero-order valence-corrected chi connectivity index (χ0v) is 22.5. The Kier molecular flexibility index (Phi) is 8.09. The normalized spacial score (nSPS) is 24.0. The minimum atomic E-state index is -1.87. The number of nitrogens with zero attached hydrogens (tertiary/aromatic N) is 3. The number of aliphatic hydroxyl groups excluding tert-OH is 1. The highest BCUT2D eigenvalue weighted by Gasteiger charge is 2.54. The topological polar surface area (TPSA) is 200 Å². The zero-order valence-electron chi connectivity index (χ0n) is 22.5. The van der Waals surface area contributed by atoms with Gasteiger partial charge < -0.3 is 39.0 Å². The fourth-order valence-corrected chi connectivity index (χ4v) is 4.19. The average Bonchev–Trinajstić information content (AvgIpc) is 3.32. The predicted octanol–water partition coefficient (Wildman–Crippen LogP) is 0.816. The minimum Gasteiger partial charge on any atom is -0.463 e. The second-order valence-corrected chi connectivity index (χ2v) is 10.2. The van der Waals surface area contributed by atoms with Crippen LogP contribution in [0.2, 0.25) is 0 Å². The number of rotatable bonds is 8. The maximum absolute atomic E-state index is 12.5. The Bertz CT molecular complexity index is 1370. The van der Waals surface area contributed by atoms with Gasteiger partial charge in [0.05, 0.1) is 22.9 Å². The number of amides is 2. The molecule has 2 amide bonds. The number of carbonyl (C=O) groups excluding carboxylic acids is 4. The number of alkyl carbamates (subject to hydrolysis) is 1. The molecule has 4 heterocycles. The number of esters is 2. The van der Waals surface area contributed by atoms with Crippen LogP contribution in [0.4, 0.5) is 10.6 Å². The van der Waals surface area contributed by atoms with E-state index in [1.165, 1.54) is 24.0 Å². The van der Waals surface area contributed by atoms with Crippen molar-refractivity contribution in [3.8, 4) is 0 Å². The van der Waals surface area contributed by atoms with Crippen LogP contribution in [0.5, 0.6) is 0 Å². The van der Waals surface area contributed by atoms with Crippen molar-refractivity contribution in [2.45, 2.75) is 58.7 Å². The maximum Gasteiger partial charge on any atom is 0.414 e. The molecular weight excluding hydrogens is 530 g/mol. The Morgan fingerprint density at radius 2 is 1.82 bits per heavy atom. The Labute approximate surface area is 228 Å². The van der Waals surface area contributed by atoms with Crippen molar-refractivity contribution >= 4 is 46.5 Å². The Hall–Kier alpha value is -4.08. The van der Waals surface area contributed by atoms with E-state index >= 15 is 0 Å². The van der Waals surface area contributed by atoms with Crippen molar-refractivity contribution in [3.05, 3.63) is 24.2 Å². The van der Waals surface area contributed by atoms with Crippen LogP contribution < -0.4 is 10.6 Å². The lowest BCUT2D eigenvalue weighted by Gasteiger charge is -2.27. The molecule has 216 valence electrons. The molecule has 2 aromatic heterocycles. The molecule has 2 aliphatic rings. The van der Waals surface area contributed by atoms with Gasteiger partial charge >= 0.3 is 18.0 Å². The first-order valence-corrected chi connectivity index (χ1v) is 12.5. The van der Waals surface area contributed by atoms with Crippen molar-refractivity contribution in [2.24, 2.45) is 11.8 Å². The van der Waals surface area contributed by atoms with Crippen LogP contribution >= 0.6 is 0 Å². The summed E-state index contributed by atoms with van der Waals surface area (Å²) in [5.41, 5.74) is -1.40. The first-order chi connectivity index (χ1) is 18.8. The van der Waals surface area contributed by atoms with E-state index in [1.807, 2.05) is 0 Å². The van der Waals surface area contributed by atoms with Gasteiger partial charge in [-0.15, -0.1) is 0 Å². The third-order valence-corrected chi connectivity index (χ3v) is 6.38. The number of anilines is 1. The summed E-state index contributed by atoms with van der Waals surface area (Å²) in [6, 6.07) is 0. The SMILES string of the molecule is CC(C)C(=O)OCOC(=O)NC1=CC(=O)Nc2ncnc3c2c1cn3[C@@H]1O[C@H](COC(=O)C(C)C)[C@@H](O)C1(C)O. The fourth-order valence-electron chi connectivity index (χ4n) is 4.19. The summed E-state index contributed by atoms with van der Waals surface area (Å²) in [5.74, 6) is -2.34. The van der Waals surface area contributed by atoms with Crippen LogP contribution in [0.15, 0.2) is 18.6 Å². The predicted molar refractivity (Wildman–Crippen MR) is 136 cm³/mol. The third-order valence-electron chi connectivity index (χ3n) is 6.38. The molecule has 0 aliphatic carbocycles. The number of nitrogens with one attached hydrogen (secondary N) is 2. The summed E-state index contributed by atoms with van der Waals surface area (Å²) in [7, 11) is 0. The van der Waals surface area contributed by atoms with E-state index in [-0.39, 0.29) is 29.3 Å². The number of aliphatic hydroxyl groups is 2. The molecule has 40 heavy (non-hydrogen) atoms. The molecule has 0 radical (unpaired) electrons. The fraction of sp³-hybridized carbons (Fsp3) is 0.520. The molecule has 0 bridgehead atoms. The molecule has 15 nitrogen and oxygen atoms in total. The van der Waals surface area contributed by atoms with Crippen LogP contribution in [0.1, 0.15) is 46.4 Å². The molecule has 1 saturated heterocycles. The van der Waals surface area contributed by atoms with Gasteiger partial charge in [0.15, 0.2) is 6.23 Å². The van der Waals surface area contributed by atoms with Gasteiger partial charge in [0.25, 0.3) is 5.91 Å². The molecule has 4 N–H and O–H groups in total. The van der Waals surface area contributed by atoms with E-state index in [1.54, 1.807) is 27.7 Å². The summed E-state index contributed by atoms with van der Waals surface area (Å²) in [6.07, 6.45) is -0.985. The van der Waals surface area contributed by atoms with Crippen LogP contribution in [0.3, 0.4) is 0 Å². The van der Waals surface area contributed by atoms with Crippen LogP contribution in [-0.2, 0) is 33.3 Å². The molecule has 2 aromatic rings. The highest BCUT2D eigenvalue weighted by Crippen LogP contribution is 2.42. The number of hydrogen-bond donors (Lipinski definition) is 4. The van der Waals surface area contributed by atoms with Gasteiger partial charge in [-0.25, -0.2) is 14.8 Å². The molecule has 4 atom stereocenters. The van der Waals surface area contributed by atoms with Gasteiger partial charge in [-0.05, 0) is 6.92 Å². The van der Waals surface area contributed by atoms with Gasteiger partial charge in [-0.3, -0.25) is 19.7 Å². The standard InChI is InChI=1S/C25H31N5O10/c1-11(2)21(33)37-8-15-18(32)25(5,36)23(40-15)30-7-13-14(28-24(35)39-10-38-22(34)12(3)4)6-16(31)29-19-17(13)20(30)27-9-26-19/h6-7,9,11-12,15,18,23,32,36H,8,10H2,1-5H3,(H,28,35)(H,26,27,29,31)/t15-,18-,23-,25?/m1/s1. The summed E-state index contributed by atoms with van der Waals surface area (Å²) >= 11 is 0. The Morgan fingerprint density at radius 3 is 2.50 bits per heavy atom. The number of carbonyl (C=O) groups is 4. The van der Waals surface area contributed by atoms with E-state index in [4.69, 9.17) is 18.9 Å². The largest absolute Gasteiger partial charge is 0.463 e. The second kappa shape index (κ2) is 11.2. The summed E-state index contributed by atoms with van der Waals surface area (Å²) in [4.78, 5) is 56.9.